The minimum absolute atomic E-state index is 0.313. The van der Waals surface area contributed by atoms with Crippen molar-refractivity contribution in [1.29, 1.82) is 0 Å². The van der Waals surface area contributed by atoms with Gasteiger partial charge in [0.05, 0.1) is 16.8 Å². The van der Waals surface area contributed by atoms with Crippen molar-refractivity contribution in [3.63, 3.8) is 0 Å². The molecule has 1 aliphatic rings. The number of nitrogens with zero attached hydrogens (tertiary/aromatic N) is 1. The summed E-state index contributed by atoms with van der Waals surface area (Å²) in [6.45, 7) is 12.4. The van der Waals surface area contributed by atoms with Gasteiger partial charge in [0.1, 0.15) is 0 Å². The Morgan fingerprint density at radius 2 is 1.78 bits per heavy atom. The summed E-state index contributed by atoms with van der Waals surface area (Å²) in [6.07, 6.45) is 0. The fourth-order valence-corrected chi connectivity index (χ4v) is 2.53. The minimum atomic E-state index is -0.367. The Labute approximate surface area is 113 Å². The number of anilines is 1. The highest BCUT2D eigenvalue weighted by molar-refractivity contribution is 7.14. The van der Waals surface area contributed by atoms with Crippen molar-refractivity contribution >= 4 is 29.2 Å². The lowest BCUT2D eigenvalue weighted by Gasteiger charge is -2.32. The summed E-state index contributed by atoms with van der Waals surface area (Å²) >= 11 is 1.58. The van der Waals surface area contributed by atoms with E-state index in [2.05, 4.69) is 24.1 Å². The summed E-state index contributed by atoms with van der Waals surface area (Å²) in [7, 11) is -0.367. The second-order valence-corrected chi connectivity index (χ2v) is 6.82. The van der Waals surface area contributed by atoms with Crippen LogP contribution in [0.25, 0.3) is 0 Å². The largest absolute Gasteiger partial charge is 0.515 e. The van der Waals surface area contributed by atoms with Gasteiger partial charge in [0.15, 0.2) is 5.13 Å². The van der Waals surface area contributed by atoms with Crippen molar-refractivity contribution in [1.82, 2.24) is 4.98 Å². The van der Waals surface area contributed by atoms with Gasteiger partial charge in [-0.2, -0.15) is 0 Å². The first-order valence-corrected chi connectivity index (χ1v) is 7.17. The molecule has 0 aromatic carbocycles. The van der Waals surface area contributed by atoms with Crippen molar-refractivity contribution in [2.24, 2.45) is 0 Å². The molecule has 2 heterocycles. The molecule has 1 aromatic heterocycles. The molecule has 4 nitrogen and oxygen atoms in total. The lowest BCUT2D eigenvalue weighted by atomic mass is 9.86. The van der Waals surface area contributed by atoms with Gasteiger partial charge in [-0.15, -0.1) is 11.3 Å². The SMILES string of the molecule is CC(C)Nc1nc(B2OC(C)(C)C(C)(C)O2)cs1. The van der Waals surface area contributed by atoms with Crippen LogP contribution in [0.2, 0.25) is 0 Å². The van der Waals surface area contributed by atoms with E-state index < -0.39 is 0 Å². The van der Waals surface area contributed by atoms with Crippen LogP contribution in [-0.2, 0) is 9.31 Å². The molecular weight excluding hydrogens is 247 g/mol. The first-order chi connectivity index (χ1) is 8.21. The maximum Gasteiger partial charge on any atom is 0.515 e. The molecule has 100 valence electrons. The first-order valence-electron chi connectivity index (χ1n) is 6.29. The third kappa shape index (κ3) is 2.55. The zero-order chi connectivity index (χ0) is 13.6. The van der Waals surface area contributed by atoms with E-state index in [0.29, 0.717) is 6.04 Å². The van der Waals surface area contributed by atoms with E-state index in [1.165, 1.54) is 0 Å². The monoisotopic (exact) mass is 268 g/mol. The van der Waals surface area contributed by atoms with Gasteiger partial charge in [-0.25, -0.2) is 4.98 Å². The average molecular weight is 268 g/mol. The van der Waals surface area contributed by atoms with Gasteiger partial charge in [0, 0.05) is 11.4 Å². The number of nitrogens with one attached hydrogen (secondary N) is 1. The van der Waals surface area contributed by atoms with E-state index in [9.17, 15) is 0 Å². The topological polar surface area (TPSA) is 43.4 Å². The van der Waals surface area contributed by atoms with Crippen LogP contribution in [0, 0.1) is 0 Å². The molecule has 0 spiro atoms. The van der Waals surface area contributed by atoms with Crippen LogP contribution in [0.1, 0.15) is 41.5 Å². The third-order valence-electron chi connectivity index (χ3n) is 3.43. The van der Waals surface area contributed by atoms with Gasteiger partial charge >= 0.3 is 7.12 Å². The Hall–Kier alpha value is -0.585. The van der Waals surface area contributed by atoms with Crippen LogP contribution < -0.4 is 10.9 Å². The van der Waals surface area contributed by atoms with E-state index in [4.69, 9.17) is 9.31 Å². The Kier molecular flexibility index (Phi) is 3.47. The lowest BCUT2D eigenvalue weighted by Crippen LogP contribution is -2.41. The predicted octanol–water partition coefficient (Wildman–Crippen LogP) is 2.26. The maximum absolute atomic E-state index is 5.96. The summed E-state index contributed by atoms with van der Waals surface area (Å²) in [4.78, 5) is 4.52. The average Bonchev–Trinajstić information content (AvgIpc) is 2.70. The highest BCUT2D eigenvalue weighted by Gasteiger charge is 2.52. The van der Waals surface area contributed by atoms with Gasteiger partial charge in [-0.1, -0.05) is 0 Å². The van der Waals surface area contributed by atoms with Crippen LogP contribution >= 0.6 is 11.3 Å². The van der Waals surface area contributed by atoms with Gasteiger partial charge in [-0.3, -0.25) is 0 Å². The van der Waals surface area contributed by atoms with Crippen molar-refractivity contribution in [2.45, 2.75) is 58.8 Å². The van der Waals surface area contributed by atoms with Gasteiger partial charge in [-0.05, 0) is 41.5 Å². The Balaban J connectivity index is 2.12. The molecular formula is C12H21BN2O2S. The summed E-state index contributed by atoms with van der Waals surface area (Å²) in [5, 5.41) is 6.19. The molecule has 0 amide bonds. The predicted molar refractivity (Wildman–Crippen MR) is 76.6 cm³/mol. The molecule has 0 radical (unpaired) electrons. The maximum atomic E-state index is 5.96. The van der Waals surface area contributed by atoms with E-state index in [-0.39, 0.29) is 18.3 Å². The van der Waals surface area contributed by atoms with E-state index in [0.717, 1.165) is 10.7 Å². The molecule has 18 heavy (non-hydrogen) atoms. The van der Waals surface area contributed by atoms with Crippen LogP contribution in [-0.4, -0.2) is 29.3 Å². The van der Waals surface area contributed by atoms with Gasteiger partial charge in [0.2, 0.25) is 0 Å². The molecule has 0 unspecified atom stereocenters. The van der Waals surface area contributed by atoms with E-state index in [1.54, 1.807) is 11.3 Å². The molecule has 1 aliphatic heterocycles. The number of hydrogen-bond acceptors (Lipinski definition) is 5. The third-order valence-corrected chi connectivity index (χ3v) is 4.22. The minimum Gasteiger partial charge on any atom is -0.398 e. The van der Waals surface area contributed by atoms with Crippen molar-refractivity contribution in [2.75, 3.05) is 5.32 Å². The molecule has 0 saturated carbocycles. The second kappa shape index (κ2) is 4.51. The summed E-state index contributed by atoms with van der Waals surface area (Å²) in [5.74, 6) is 0. The second-order valence-electron chi connectivity index (χ2n) is 5.96. The molecule has 1 fully saturated rings. The molecule has 1 aromatic rings. The smallest absolute Gasteiger partial charge is 0.398 e. The Morgan fingerprint density at radius 1 is 1.22 bits per heavy atom. The highest BCUT2D eigenvalue weighted by atomic mass is 32.1. The van der Waals surface area contributed by atoms with Crippen LogP contribution in [0.3, 0.4) is 0 Å². The quantitative estimate of drug-likeness (QED) is 0.854. The number of rotatable bonds is 3. The molecule has 2 rings (SSSR count). The number of aromatic nitrogens is 1. The molecule has 1 N–H and O–H groups in total. The van der Waals surface area contributed by atoms with Crippen LogP contribution in [0.15, 0.2) is 5.38 Å². The molecule has 1 saturated heterocycles. The van der Waals surface area contributed by atoms with Crippen molar-refractivity contribution in [3.8, 4) is 0 Å². The molecule has 0 aliphatic carbocycles. The fourth-order valence-electron chi connectivity index (χ4n) is 1.67. The zero-order valence-electron chi connectivity index (χ0n) is 11.9. The first kappa shape index (κ1) is 13.8. The highest BCUT2D eigenvalue weighted by Crippen LogP contribution is 2.36. The van der Waals surface area contributed by atoms with Crippen LogP contribution in [0.5, 0.6) is 0 Å². The zero-order valence-corrected chi connectivity index (χ0v) is 12.7. The molecule has 0 atom stereocenters. The van der Waals surface area contributed by atoms with Gasteiger partial charge in [0.25, 0.3) is 0 Å². The molecule has 6 heteroatoms. The van der Waals surface area contributed by atoms with Gasteiger partial charge < -0.3 is 14.6 Å². The Morgan fingerprint density at radius 3 is 2.28 bits per heavy atom. The van der Waals surface area contributed by atoms with Crippen molar-refractivity contribution < 1.29 is 9.31 Å². The standard InChI is InChI=1S/C12H21BN2O2S/c1-8(2)14-10-15-9(7-18-10)13-16-11(3,4)12(5,6)17-13/h7-8H,1-6H3,(H,14,15). The van der Waals surface area contributed by atoms with E-state index >= 15 is 0 Å². The van der Waals surface area contributed by atoms with Crippen LogP contribution in [0.4, 0.5) is 5.13 Å². The lowest BCUT2D eigenvalue weighted by molar-refractivity contribution is 0.00578. The van der Waals surface area contributed by atoms with E-state index in [1.807, 2.05) is 33.1 Å². The Bertz CT molecular complexity index is 415. The molecule has 0 bridgehead atoms. The number of thiazole rings is 1. The van der Waals surface area contributed by atoms with Crippen molar-refractivity contribution in [3.05, 3.63) is 5.38 Å². The fraction of sp³-hybridized carbons (Fsp3) is 0.750. The summed E-state index contributed by atoms with van der Waals surface area (Å²) in [5.41, 5.74) is 0.224. The summed E-state index contributed by atoms with van der Waals surface area (Å²) in [6, 6.07) is 0.377. The number of hydrogen-bond donors (Lipinski definition) is 1. The summed E-state index contributed by atoms with van der Waals surface area (Å²) < 4.78 is 11.9. The normalized spacial score (nSPS) is 21.6.